The van der Waals surface area contributed by atoms with Crippen LogP contribution in [0, 0.1) is 0 Å². The fraction of sp³-hybridized carbons (Fsp3) is 0.667. The van der Waals surface area contributed by atoms with Crippen LogP contribution in [0.15, 0.2) is 9.59 Å². The highest BCUT2D eigenvalue weighted by Gasteiger charge is 2.26. The number of anilines is 1. The van der Waals surface area contributed by atoms with Crippen LogP contribution in [-0.2, 0) is 14.1 Å². The molecule has 7 heteroatoms. The van der Waals surface area contributed by atoms with Crippen molar-refractivity contribution in [2.75, 3.05) is 18.8 Å². The van der Waals surface area contributed by atoms with E-state index in [0.717, 1.165) is 34.9 Å². The number of hydrogen-bond acceptors (Lipinski definition) is 5. The summed E-state index contributed by atoms with van der Waals surface area (Å²) in [4.78, 5) is 38.7. The van der Waals surface area contributed by atoms with Gasteiger partial charge < -0.3 is 5.73 Å². The second kappa shape index (κ2) is 6.48. The largest absolute Gasteiger partial charge is 0.384 e. The number of carbonyl (C=O) groups is 1. The number of hydrogen-bond donors (Lipinski definition) is 1. The van der Waals surface area contributed by atoms with Crippen LogP contribution < -0.4 is 17.0 Å². The summed E-state index contributed by atoms with van der Waals surface area (Å²) in [7, 11) is 2.82. The molecule has 2 rings (SSSR count). The zero-order chi connectivity index (χ0) is 16.4. The molecule has 1 aromatic heterocycles. The lowest BCUT2D eigenvalue weighted by Gasteiger charge is -2.34. The molecule has 1 fully saturated rings. The van der Waals surface area contributed by atoms with Gasteiger partial charge in [0.1, 0.15) is 11.4 Å². The van der Waals surface area contributed by atoms with Crippen molar-refractivity contribution in [3.8, 4) is 0 Å². The van der Waals surface area contributed by atoms with Crippen molar-refractivity contribution in [2.45, 2.75) is 38.6 Å². The van der Waals surface area contributed by atoms with E-state index in [4.69, 9.17) is 5.73 Å². The van der Waals surface area contributed by atoms with Crippen LogP contribution >= 0.6 is 0 Å². The Morgan fingerprint density at radius 3 is 2.55 bits per heavy atom. The lowest BCUT2D eigenvalue weighted by atomic mass is 9.99. The smallest absolute Gasteiger partial charge is 0.332 e. The van der Waals surface area contributed by atoms with Crippen LogP contribution in [0.5, 0.6) is 0 Å². The Kier molecular flexibility index (Phi) is 4.85. The predicted molar refractivity (Wildman–Crippen MR) is 85.2 cm³/mol. The third-order valence-corrected chi connectivity index (χ3v) is 4.56. The summed E-state index contributed by atoms with van der Waals surface area (Å²) in [5.74, 6) is -0.364. The molecule has 7 nitrogen and oxygen atoms in total. The maximum Gasteiger partial charge on any atom is 0.332 e. The molecule has 1 atom stereocenters. The Balaban J connectivity index is 2.34. The molecule has 122 valence electrons. The average Bonchev–Trinajstić information content (AvgIpc) is 2.51. The Morgan fingerprint density at radius 2 is 1.91 bits per heavy atom. The molecule has 1 aliphatic heterocycles. The number of ketones is 1. The van der Waals surface area contributed by atoms with Gasteiger partial charge in [-0.25, -0.2) is 4.79 Å². The topological polar surface area (TPSA) is 90.3 Å². The second-order valence-electron chi connectivity index (χ2n) is 5.92. The summed E-state index contributed by atoms with van der Waals surface area (Å²) in [6, 6.07) is 0.371. The minimum Gasteiger partial charge on any atom is -0.384 e. The number of likely N-dealkylation sites (tertiary alicyclic amines) is 1. The van der Waals surface area contributed by atoms with E-state index >= 15 is 0 Å². The van der Waals surface area contributed by atoms with Crippen molar-refractivity contribution < 1.29 is 4.79 Å². The Hall–Kier alpha value is -1.89. The number of carbonyl (C=O) groups excluding carboxylic acids is 1. The molecule has 0 aliphatic carbocycles. The van der Waals surface area contributed by atoms with E-state index in [0.29, 0.717) is 6.04 Å². The minimum atomic E-state index is -0.615. The number of nitrogen functional groups attached to an aromatic ring is 1. The molecule has 2 N–H and O–H groups in total. The molecule has 0 spiro atoms. The molecule has 0 bridgehead atoms. The van der Waals surface area contributed by atoms with Crippen LogP contribution in [-0.4, -0.2) is 38.9 Å². The number of nitrogens with zero attached hydrogens (tertiary/aromatic N) is 3. The van der Waals surface area contributed by atoms with E-state index in [2.05, 4.69) is 11.8 Å². The van der Waals surface area contributed by atoms with Gasteiger partial charge in [0.15, 0.2) is 5.78 Å². The monoisotopic (exact) mass is 308 g/mol. The van der Waals surface area contributed by atoms with Gasteiger partial charge in [0.25, 0.3) is 5.56 Å². The summed E-state index contributed by atoms with van der Waals surface area (Å²) in [6.07, 6.45) is 4.29. The van der Waals surface area contributed by atoms with Gasteiger partial charge in [-0.15, -0.1) is 0 Å². The quantitative estimate of drug-likeness (QED) is 0.798. The fourth-order valence-electron chi connectivity index (χ4n) is 3.12. The number of aromatic nitrogens is 2. The first-order valence-electron chi connectivity index (χ1n) is 7.71. The highest BCUT2D eigenvalue weighted by Crippen LogP contribution is 2.19. The maximum atomic E-state index is 12.6. The molecule has 0 amide bonds. The summed E-state index contributed by atoms with van der Waals surface area (Å²) < 4.78 is 2.07. The second-order valence-corrected chi connectivity index (χ2v) is 5.92. The molecule has 1 saturated heterocycles. The Morgan fingerprint density at radius 1 is 1.23 bits per heavy atom. The number of rotatable bonds is 4. The lowest BCUT2D eigenvalue weighted by molar-refractivity contribution is 0.0836. The summed E-state index contributed by atoms with van der Waals surface area (Å²) in [5, 5.41) is 0. The predicted octanol–water partition coefficient (Wildman–Crippen LogP) is 0.113. The first-order chi connectivity index (χ1) is 10.4. The normalized spacial score (nSPS) is 19.3. The van der Waals surface area contributed by atoms with Crippen molar-refractivity contribution in [1.82, 2.24) is 14.0 Å². The Labute approximate surface area is 129 Å². The average molecular weight is 308 g/mol. The van der Waals surface area contributed by atoms with Crippen LogP contribution in [0.3, 0.4) is 0 Å². The SMILES string of the molecule is CC[C@H]1CCCCN1CC(=O)c1c(N)n(C)c(=O)n(C)c1=O. The van der Waals surface area contributed by atoms with Crippen LogP contribution in [0.4, 0.5) is 5.82 Å². The summed E-state index contributed by atoms with van der Waals surface area (Å²) in [6.45, 7) is 3.14. The van der Waals surface area contributed by atoms with E-state index in [1.54, 1.807) is 0 Å². The van der Waals surface area contributed by atoms with Crippen molar-refractivity contribution in [3.63, 3.8) is 0 Å². The van der Waals surface area contributed by atoms with Crippen LogP contribution in [0.2, 0.25) is 0 Å². The van der Waals surface area contributed by atoms with Crippen LogP contribution in [0.25, 0.3) is 0 Å². The van der Waals surface area contributed by atoms with Crippen molar-refractivity contribution >= 4 is 11.6 Å². The van der Waals surface area contributed by atoms with Gasteiger partial charge >= 0.3 is 5.69 Å². The highest BCUT2D eigenvalue weighted by atomic mass is 16.2. The van der Waals surface area contributed by atoms with Gasteiger partial charge in [0.05, 0.1) is 6.54 Å². The number of nitrogens with two attached hydrogens (primary N) is 1. The lowest BCUT2D eigenvalue weighted by Crippen LogP contribution is -2.46. The zero-order valence-electron chi connectivity index (χ0n) is 13.5. The molecular formula is C15H24N4O3. The van der Waals surface area contributed by atoms with E-state index in [9.17, 15) is 14.4 Å². The molecule has 0 radical (unpaired) electrons. The van der Waals surface area contributed by atoms with E-state index < -0.39 is 11.2 Å². The van der Waals surface area contributed by atoms with Gasteiger partial charge in [0.2, 0.25) is 0 Å². The number of piperidine rings is 1. The minimum absolute atomic E-state index is 0.0526. The number of Topliss-reactive ketones (excluding diaryl/α,β-unsaturated/α-hetero) is 1. The fourth-order valence-corrected chi connectivity index (χ4v) is 3.12. The Bertz CT molecular complexity index is 689. The third-order valence-electron chi connectivity index (χ3n) is 4.56. The molecule has 0 aromatic carbocycles. The standard InChI is InChI=1S/C15H24N4O3/c1-4-10-7-5-6-8-19(10)9-11(20)12-13(16)17(2)15(22)18(3)14(12)21/h10H,4-9,16H2,1-3H3/t10-/m0/s1. The maximum absolute atomic E-state index is 12.6. The molecule has 22 heavy (non-hydrogen) atoms. The van der Waals surface area contributed by atoms with Crippen molar-refractivity contribution in [2.24, 2.45) is 14.1 Å². The molecule has 1 aromatic rings. The highest BCUT2D eigenvalue weighted by molar-refractivity contribution is 6.01. The van der Waals surface area contributed by atoms with Crippen molar-refractivity contribution in [3.05, 3.63) is 26.4 Å². The van der Waals surface area contributed by atoms with Crippen molar-refractivity contribution in [1.29, 1.82) is 0 Å². The van der Waals surface area contributed by atoms with Gasteiger partial charge in [0, 0.05) is 20.1 Å². The van der Waals surface area contributed by atoms with E-state index in [-0.39, 0.29) is 23.7 Å². The van der Waals surface area contributed by atoms with Crippen LogP contribution in [0.1, 0.15) is 43.0 Å². The molecule has 0 unspecified atom stereocenters. The van der Waals surface area contributed by atoms with E-state index in [1.807, 2.05) is 0 Å². The van der Waals surface area contributed by atoms with Gasteiger partial charge in [-0.05, 0) is 25.8 Å². The third kappa shape index (κ3) is 2.85. The first-order valence-corrected chi connectivity index (χ1v) is 7.71. The summed E-state index contributed by atoms with van der Waals surface area (Å²) in [5.41, 5.74) is 4.62. The molecular weight excluding hydrogens is 284 g/mol. The summed E-state index contributed by atoms with van der Waals surface area (Å²) >= 11 is 0. The first kappa shape index (κ1) is 16.5. The molecule has 2 heterocycles. The van der Waals surface area contributed by atoms with Gasteiger partial charge in [-0.3, -0.25) is 23.6 Å². The molecule has 1 aliphatic rings. The van der Waals surface area contributed by atoms with E-state index in [1.165, 1.54) is 20.5 Å². The van der Waals surface area contributed by atoms with Gasteiger partial charge in [-0.1, -0.05) is 13.3 Å². The zero-order valence-corrected chi connectivity index (χ0v) is 13.5. The molecule has 0 saturated carbocycles. The van der Waals surface area contributed by atoms with Gasteiger partial charge in [-0.2, -0.15) is 0 Å².